The van der Waals surface area contributed by atoms with Gasteiger partial charge in [-0.2, -0.15) is 0 Å². The van der Waals surface area contributed by atoms with Crippen LogP contribution in [-0.2, 0) is 17.4 Å². The first-order valence-corrected chi connectivity index (χ1v) is 8.02. The second kappa shape index (κ2) is 5.49. The van der Waals surface area contributed by atoms with E-state index in [1.807, 2.05) is 0 Å². The largest absolute Gasteiger partial charge is 0.459 e. The average molecular weight is 287 g/mol. The van der Waals surface area contributed by atoms with E-state index in [4.69, 9.17) is 10.2 Å². The maximum atomic E-state index is 6.01. The highest BCUT2D eigenvalue weighted by Crippen LogP contribution is 2.39. The molecule has 2 aromatic rings. The highest BCUT2D eigenvalue weighted by atomic mass is 16.3. The molecule has 0 unspecified atom stereocenters. The molecule has 0 bridgehead atoms. The molecule has 0 aliphatic carbocycles. The fourth-order valence-corrected chi connectivity index (χ4v) is 2.60. The Hall–Kier alpha value is -1.28. The fraction of sp³-hybridized carbons (Fsp3) is 0.579. The van der Waals surface area contributed by atoms with Crippen LogP contribution in [-0.4, -0.2) is 0 Å². The van der Waals surface area contributed by atoms with Crippen molar-refractivity contribution < 1.29 is 4.42 Å². The molecule has 2 N–H and O–H groups in total. The fourth-order valence-electron chi connectivity index (χ4n) is 2.60. The van der Waals surface area contributed by atoms with Crippen molar-refractivity contribution in [2.24, 2.45) is 5.73 Å². The minimum atomic E-state index is 0.0990. The smallest absolute Gasteiger partial charge is 0.138 e. The SMILES string of the molecule is CCC(C)(C)c1cc(C(C)(C)CC)c2oc(CN)cc2c1. The first-order chi connectivity index (χ1) is 9.75. The summed E-state index contributed by atoms with van der Waals surface area (Å²) in [6.07, 6.45) is 2.20. The van der Waals surface area contributed by atoms with Gasteiger partial charge in [0.25, 0.3) is 0 Å². The van der Waals surface area contributed by atoms with Gasteiger partial charge in [0.05, 0.1) is 6.54 Å². The van der Waals surface area contributed by atoms with E-state index in [0.717, 1.165) is 24.2 Å². The Morgan fingerprint density at radius 2 is 1.57 bits per heavy atom. The first kappa shape index (κ1) is 16.1. The highest BCUT2D eigenvalue weighted by molar-refractivity contribution is 5.83. The average Bonchev–Trinajstić information content (AvgIpc) is 2.88. The number of nitrogens with two attached hydrogens (primary N) is 1. The molecule has 0 fully saturated rings. The number of furan rings is 1. The molecule has 116 valence electrons. The molecule has 0 aliphatic heterocycles. The highest BCUT2D eigenvalue weighted by Gasteiger charge is 2.27. The van der Waals surface area contributed by atoms with Gasteiger partial charge in [-0.15, -0.1) is 0 Å². The van der Waals surface area contributed by atoms with Crippen molar-refractivity contribution in [1.82, 2.24) is 0 Å². The molecule has 0 radical (unpaired) electrons. The summed E-state index contributed by atoms with van der Waals surface area (Å²) in [6.45, 7) is 14.1. The number of rotatable bonds is 5. The van der Waals surface area contributed by atoms with Crippen LogP contribution in [0.15, 0.2) is 22.6 Å². The quantitative estimate of drug-likeness (QED) is 0.814. The standard InChI is InChI=1S/C19H29NO/c1-7-18(3,4)14-9-13-10-15(12-20)21-17(13)16(11-14)19(5,6)8-2/h9-11H,7-8,12,20H2,1-6H3. The Balaban J connectivity index is 2.76. The molecular weight excluding hydrogens is 258 g/mol. The minimum absolute atomic E-state index is 0.0990. The van der Waals surface area contributed by atoms with Crippen molar-refractivity contribution in [2.45, 2.75) is 71.8 Å². The van der Waals surface area contributed by atoms with Crippen LogP contribution in [0.25, 0.3) is 11.0 Å². The molecule has 2 heteroatoms. The Morgan fingerprint density at radius 3 is 2.10 bits per heavy atom. The normalized spacial score (nSPS) is 13.1. The second-order valence-electron chi connectivity index (χ2n) is 7.33. The summed E-state index contributed by atoms with van der Waals surface area (Å²) in [6, 6.07) is 6.72. The summed E-state index contributed by atoms with van der Waals surface area (Å²) in [5.74, 6) is 0.865. The van der Waals surface area contributed by atoms with Crippen LogP contribution in [0, 0.1) is 0 Å². The van der Waals surface area contributed by atoms with Crippen molar-refractivity contribution in [2.75, 3.05) is 0 Å². The minimum Gasteiger partial charge on any atom is -0.459 e. The molecule has 0 saturated heterocycles. The maximum absolute atomic E-state index is 6.01. The van der Waals surface area contributed by atoms with E-state index in [2.05, 4.69) is 59.7 Å². The van der Waals surface area contributed by atoms with E-state index < -0.39 is 0 Å². The van der Waals surface area contributed by atoms with Crippen LogP contribution >= 0.6 is 0 Å². The number of fused-ring (bicyclic) bond motifs is 1. The molecule has 1 aromatic carbocycles. The van der Waals surface area contributed by atoms with Crippen molar-refractivity contribution in [3.8, 4) is 0 Å². The van der Waals surface area contributed by atoms with Crippen molar-refractivity contribution in [3.63, 3.8) is 0 Å². The lowest BCUT2D eigenvalue weighted by Gasteiger charge is -2.28. The molecule has 21 heavy (non-hydrogen) atoms. The van der Waals surface area contributed by atoms with Crippen LogP contribution in [0.2, 0.25) is 0 Å². The van der Waals surface area contributed by atoms with E-state index in [-0.39, 0.29) is 10.8 Å². The third kappa shape index (κ3) is 2.87. The summed E-state index contributed by atoms with van der Waals surface area (Å²) < 4.78 is 6.01. The predicted octanol–water partition coefficient (Wildman–Crippen LogP) is 5.27. The molecular formula is C19H29NO. The Labute approximate surface area is 128 Å². The van der Waals surface area contributed by atoms with Crippen LogP contribution in [0.1, 0.15) is 71.3 Å². The van der Waals surface area contributed by atoms with E-state index in [1.165, 1.54) is 16.5 Å². The second-order valence-corrected chi connectivity index (χ2v) is 7.33. The molecule has 0 spiro atoms. The molecule has 1 aromatic heterocycles. The Kier molecular flexibility index (Phi) is 4.21. The van der Waals surface area contributed by atoms with Gasteiger partial charge in [0, 0.05) is 10.9 Å². The molecule has 0 saturated carbocycles. The summed E-state index contributed by atoms with van der Waals surface area (Å²) in [5.41, 5.74) is 9.74. The molecule has 0 amide bonds. The van der Waals surface area contributed by atoms with Gasteiger partial charge in [-0.3, -0.25) is 0 Å². The van der Waals surface area contributed by atoms with Gasteiger partial charge in [0.2, 0.25) is 0 Å². The van der Waals surface area contributed by atoms with Crippen molar-refractivity contribution in [1.29, 1.82) is 0 Å². The van der Waals surface area contributed by atoms with Gasteiger partial charge in [0.1, 0.15) is 11.3 Å². The van der Waals surface area contributed by atoms with Gasteiger partial charge < -0.3 is 10.2 Å². The summed E-state index contributed by atoms with van der Waals surface area (Å²) in [4.78, 5) is 0. The lowest BCUT2D eigenvalue weighted by molar-refractivity contribution is 0.478. The first-order valence-electron chi connectivity index (χ1n) is 8.02. The summed E-state index contributed by atoms with van der Waals surface area (Å²) >= 11 is 0. The third-order valence-electron chi connectivity index (χ3n) is 5.15. The van der Waals surface area contributed by atoms with Gasteiger partial charge >= 0.3 is 0 Å². The molecule has 0 atom stereocenters. The monoisotopic (exact) mass is 287 g/mol. The summed E-state index contributed by atoms with van der Waals surface area (Å²) in [7, 11) is 0. The van der Waals surface area contributed by atoms with Gasteiger partial charge in [-0.1, -0.05) is 47.6 Å². The zero-order valence-corrected chi connectivity index (χ0v) is 14.3. The van der Waals surface area contributed by atoms with Gasteiger partial charge in [-0.25, -0.2) is 0 Å². The predicted molar refractivity (Wildman–Crippen MR) is 90.7 cm³/mol. The Morgan fingerprint density at radius 1 is 0.952 bits per heavy atom. The number of hydrogen-bond acceptors (Lipinski definition) is 2. The molecule has 2 nitrogen and oxygen atoms in total. The zero-order valence-electron chi connectivity index (χ0n) is 14.3. The molecule has 2 rings (SSSR count). The molecule has 1 heterocycles. The zero-order chi connectivity index (χ0) is 15.8. The van der Waals surface area contributed by atoms with Crippen LogP contribution in [0.5, 0.6) is 0 Å². The van der Waals surface area contributed by atoms with Crippen molar-refractivity contribution >= 4 is 11.0 Å². The van der Waals surface area contributed by atoms with E-state index in [9.17, 15) is 0 Å². The van der Waals surface area contributed by atoms with Gasteiger partial charge in [0.15, 0.2) is 0 Å². The van der Waals surface area contributed by atoms with E-state index in [0.29, 0.717) is 6.54 Å². The number of hydrogen-bond donors (Lipinski definition) is 1. The van der Waals surface area contributed by atoms with Crippen LogP contribution in [0.3, 0.4) is 0 Å². The lowest BCUT2D eigenvalue weighted by Crippen LogP contribution is -2.20. The topological polar surface area (TPSA) is 39.2 Å². The summed E-state index contributed by atoms with van der Waals surface area (Å²) in [5, 5.41) is 1.19. The maximum Gasteiger partial charge on any atom is 0.138 e. The lowest BCUT2D eigenvalue weighted by atomic mass is 9.76. The van der Waals surface area contributed by atoms with E-state index >= 15 is 0 Å². The Bertz CT molecular complexity index is 634. The third-order valence-corrected chi connectivity index (χ3v) is 5.15. The van der Waals surface area contributed by atoms with Gasteiger partial charge in [-0.05, 0) is 41.4 Å². The van der Waals surface area contributed by atoms with E-state index in [1.54, 1.807) is 0 Å². The number of benzene rings is 1. The molecule has 0 aliphatic rings. The van der Waals surface area contributed by atoms with Crippen LogP contribution in [0.4, 0.5) is 0 Å². The van der Waals surface area contributed by atoms with Crippen molar-refractivity contribution in [3.05, 3.63) is 35.1 Å². The van der Waals surface area contributed by atoms with Crippen LogP contribution < -0.4 is 5.73 Å².